The number of alkyl halides is 6. The Morgan fingerprint density at radius 2 is 1.36 bits per heavy atom. The van der Waals surface area contributed by atoms with Gasteiger partial charge in [-0.3, -0.25) is 4.79 Å². The molecular weight excluding hydrogens is 891 g/mol. The van der Waals surface area contributed by atoms with Gasteiger partial charge < -0.3 is 33.5 Å². The number of hydrogen-bond acceptors (Lipinski definition) is 11. The second-order valence-corrected chi connectivity index (χ2v) is 20.0. The SMILES string of the molecule is COC(=O)[C@@]12CC[C@@]3(C)[C@@H]4C=CC(=O)OC[C@]4([C@@H](C)OC(=O)[C@](OC)(c4ccccc4)C(F)(F)F)C[C@@H](OC(=O)[C@](OC)(c4ccccc4)C(F)(F)F)[C@@H]3[C@@]1(C)CC[C@@]1(C)CC=C(C)C[C@]12O. The molecule has 7 rings (SSSR count). The summed E-state index contributed by atoms with van der Waals surface area (Å²) in [6.07, 6.45) is -9.38. The molecule has 1 aliphatic heterocycles. The van der Waals surface area contributed by atoms with Gasteiger partial charge in [0.15, 0.2) is 0 Å². The standard InChI is InChI=1S/C50H58F6O11/c1-30-21-22-41(3)23-25-43(5)37-34(67-40(60)48(64-8,50(54,55)56)33-17-13-10-14-18-33)28-44(31(2)66-39(59)47(63-7,49(51,52)53)32-15-11-9-12-16-32)29-65-36(57)20-19-35(44)42(37,4)24-26-45(43,38(58)62-6)46(41,61)27-30/h9-21,31,34-35,37,61H,22-29H2,1-8H3/t31-,34-,35+,37+,41-,42+,43-,44+,45+,46+,47-,48-/m1/s1. The Morgan fingerprint density at radius 1 is 0.806 bits per heavy atom. The smallest absolute Gasteiger partial charge is 0.432 e. The van der Waals surface area contributed by atoms with Gasteiger partial charge in [-0.05, 0) is 75.5 Å². The van der Waals surface area contributed by atoms with Gasteiger partial charge >= 0.3 is 36.2 Å². The average molecular weight is 949 g/mol. The summed E-state index contributed by atoms with van der Waals surface area (Å²) in [5, 5.41) is 13.4. The zero-order valence-corrected chi connectivity index (χ0v) is 38.8. The van der Waals surface area contributed by atoms with Crippen LogP contribution < -0.4 is 0 Å². The van der Waals surface area contributed by atoms with Crippen LogP contribution >= 0.6 is 0 Å². The van der Waals surface area contributed by atoms with E-state index in [9.17, 15) is 24.3 Å². The summed E-state index contributed by atoms with van der Waals surface area (Å²) >= 11 is 0. The number of methoxy groups -OCH3 is 3. The summed E-state index contributed by atoms with van der Waals surface area (Å²) in [7, 11) is 2.59. The number of fused-ring (bicyclic) bond motifs is 7. The van der Waals surface area contributed by atoms with Crippen molar-refractivity contribution in [3.63, 3.8) is 0 Å². The first-order valence-corrected chi connectivity index (χ1v) is 22.3. The number of carbonyl (C=O) groups excluding carboxylic acids is 4. The predicted molar refractivity (Wildman–Crippen MR) is 227 cm³/mol. The van der Waals surface area contributed by atoms with E-state index in [2.05, 4.69) is 0 Å². The molecule has 0 unspecified atom stereocenters. The lowest BCUT2D eigenvalue weighted by atomic mass is 9.29. The first kappa shape index (κ1) is 50.1. The summed E-state index contributed by atoms with van der Waals surface area (Å²) in [6, 6.07) is 12.2. The highest BCUT2D eigenvalue weighted by Crippen LogP contribution is 2.78. The van der Waals surface area contributed by atoms with Crippen LogP contribution in [-0.2, 0) is 58.8 Å². The lowest BCUT2D eigenvalue weighted by molar-refractivity contribution is -0.326. The first-order chi connectivity index (χ1) is 31.2. The van der Waals surface area contributed by atoms with Gasteiger partial charge in [0.05, 0.1) is 18.1 Å². The second kappa shape index (κ2) is 16.7. The molecule has 12 atom stereocenters. The van der Waals surface area contributed by atoms with Gasteiger partial charge in [-0.2, -0.15) is 26.3 Å². The van der Waals surface area contributed by atoms with Crippen molar-refractivity contribution in [2.24, 2.45) is 38.9 Å². The van der Waals surface area contributed by atoms with E-state index in [1.807, 2.05) is 19.9 Å². The molecule has 0 spiro atoms. The second-order valence-electron chi connectivity index (χ2n) is 20.0. The van der Waals surface area contributed by atoms with Crippen molar-refractivity contribution in [2.75, 3.05) is 27.9 Å². The number of aliphatic hydroxyl groups is 1. The van der Waals surface area contributed by atoms with Gasteiger partial charge in [-0.15, -0.1) is 0 Å². The maximum absolute atomic E-state index is 15.7. The molecule has 0 bridgehead atoms. The average Bonchev–Trinajstić information content (AvgIpc) is 3.44. The van der Waals surface area contributed by atoms with E-state index in [0.29, 0.717) is 27.1 Å². The molecule has 4 aliphatic carbocycles. The van der Waals surface area contributed by atoms with Crippen LogP contribution in [0, 0.1) is 38.9 Å². The molecule has 1 heterocycles. The zero-order valence-electron chi connectivity index (χ0n) is 38.8. The van der Waals surface area contributed by atoms with Gasteiger partial charge in [0.25, 0.3) is 11.2 Å². The zero-order chi connectivity index (χ0) is 49.4. The van der Waals surface area contributed by atoms with Crippen LogP contribution in [-0.4, -0.2) is 87.1 Å². The molecule has 11 nitrogen and oxygen atoms in total. The lowest BCUT2D eigenvalue weighted by Crippen LogP contribution is -2.78. The van der Waals surface area contributed by atoms with Crippen molar-refractivity contribution in [3.8, 4) is 0 Å². The van der Waals surface area contributed by atoms with Crippen LogP contribution in [0.3, 0.4) is 0 Å². The Bertz CT molecular complexity index is 2320. The highest BCUT2D eigenvalue weighted by molar-refractivity contribution is 5.85. The van der Waals surface area contributed by atoms with Crippen molar-refractivity contribution in [3.05, 3.63) is 95.6 Å². The number of cyclic esters (lactones) is 1. The molecule has 0 amide bonds. The Morgan fingerprint density at radius 3 is 1.88 bits per heavy atom. The molecule has 17 heteroatoms. The largest absolute Gasteiger partial charge is 0.468 e. The summed E-state index contributed by atoms with van der Waals surface area (Å²) in [4.78, 5) is 57.6. The van der Waals surface area contributed by atoms with Gasteiger partial charge in [0.1, 0.15) is 24.2 Å². The van der Waals surface area contributed by atoms with Gasteiger partial charge in [-0.25, -0.2) is 14.4 Å². The number of allylic oxidation sites excluding steroid dienone is 2. The fourth-order valence-electron chi connectivity index (χ4n) is 13.8. The van der Waals surface area contributed by atoms with E-state index in [1.165, 1.54) is 56.5 Å². The number of rotatable bonds is 10. The van der Waals surface area contributed by atoms with Crippen LogP contribution in [0.5, 0.6) is 0 Å². The van der Waals surface area contributed by atoms with Crippen molar-refractivity contribution in [2.45, 2.75) is 121 Å². The maximum Gasteiger partial charge on any atom is 0.432 e. The van der Waals surface area contributed by atoms with E-state index < -0.39 is 128 Å². The monoisotopic (exact) mass is 948 g/mol. The van der Waals surface area contributed by atoms with Crippen LogP contribution in [0.25, 0.3) is 0 Å². The van der Waals surface area contributed by atoms with E-state index >= 15 is 26.3 Å². The molecule has 0 saturated heterocycles. The van der Waals surface area contributed by atoms with Crippen molar-refractivity contribution >= 4 is 23.9 Å². The third-order valence-electron chi connectivity index (χ3n) is 17.2. The minimum atomic E-state index is -5.44. The van der Waals surface area contributed by atoms with Gasteiger partial charge in [0, 0.05) is 42.8 Å². The minimum absolute atomic E-state index is 0.0366. The highest BCUT2D eigenvalue weighted by atomic mass is 19.4. The number of halogens is 6. The summed E-state index contributed by atoms with van der Waals surface area (Å²) in [6.45, 7) is 7.84. The molecule has 2 aromatic rings. The molecule has 2 aromatic carbocycles. The molecule has 3 fully saturated rings. The van der Waals surface area contributed by atoms with E-state index in [1.54, 1.807) is 13.8 Å². The van der Waals surface area contributed by atoms with E-state index in [-0.39, 0.29) is 25.7 Å². The fourth-order valence-corrected chi connectivity index (χ4v) is 13.8. The Balaban J connectivity index is 1.48. The van der Waals surface area contributed by atoms with Crippen molar-refractivity contribution in [1.29, 1.82) is 0 Å². The summed E-state index contributed by atoms with van der Waals surface area (Å²) < 4.78 is 127. The fraction of sp³-hybridized carbons (Fsp3) is 0.600. The number of carbonyl (C=O) groups is 4. The minimum Gasteiger partial charge on any atom is -0.468 e. The van der Waals surface area contributed by atoms with Crippen LogP contribution in [0.15, 0.2) is 84.5 Å². The Hall–Kier alpha value is -4.74. The predicted octanol–water partition coefficient (Wildman–Crippen LogP) is 9.01. The third-order valence-corrected chi connectivity index (χ3v) is 17.2. The van der Waals surface area contributed by atoms with Crippen LogP contribution in [0.1, 0.15) is 90.7 Å². The number of hydrogen-bond donors (Lipinski definition) is 1. The van der Waals surface area contributed by atoms with Gasteiger partial charge in [-0.1, -0.05) is 99.2 Å². The molecular formula is C50H58F6O11. The Labute approximate surface area is 385 Å². The third kappa shape index (κ3) is 6.85. The lowest BCUT2D eigenvalue weighted by Gasteiger charge is -2.75. The van der Waals surface area contributed by atoms with Gasteiger partial charge in [0.2, 0.25) is 0 Å². The molecule has 3 saturated carbocycles. The molecule has 366 valence electrons. The number of esters is 4. The maximum atomic E-state index is 15.7. The first-order valence-electron chi connectivity index (χ1n) is 22.3. The Kier molecular flexibility index (Phi) is 12.5. The molecule has 67 heavy (non-hydrogen) atoms. The summed E-state index contributed by atoms with van der Waals surface area (Å²) in [5.74, 6) is -7.61. The summed E-state index contributed by atoms with van der Waals surface area (Å²) in [5.41, 5.74) is -17.0. The van der Waals surface area contributed by atoms with Crippen molar-refractivity contribution in [1.82, 2.24) is 0 Å². The molecule has 5 aliphatic rings. The molecule has 1 N–H and O–H groups in total. The molecule has 0 radical (unpaired) electrons. The van der Waals surface area contributed by atoms with Crippen LogP contribution in [0.4, 0.5) is 26.3 Å². The topological polar surface area (TPSA) is 144 Å². The molecule has 0 aromatic heterocycles. The van der Waals surface area contributed by atoms with E-state index in [0.717, 1.165) is 35.9 Å². The number of ether oxygens (including phenoxy) is 6. The van der Waals surface area contributed by atoms with Crippen LogP contribution in [0.2, 0.25) is 0 Å². The van der Waals surface area contributed by atoms with Crippen molar-refractivity contribution < 1.29 is 79.0 Å². The highest BCUT2D eigenvalue weighted by Gasteiger charge is 2.82. The normalized spacial score (nSPS) is 36.1. The quantitative estimate of drug-likeness (QED) is 0.106. The van der Waals surface area contributed by atoms with E-state index in [4.69, 9.17) is 28.4 Å². The number of benzene rings is 2.